The number of rotatable bonds is 0. The van der Waals surface area contributed by atoms with Crippen LogP contribution >= 0.6 is 0 Å². The van der Waals surface area contributed by atoms with Crippen LogP contribution in [0.4, 0.5) is 0 Å². The molecule has 0 aromatic rings. The van der Waals surface area contributed by atoms with Crippen LogP contribution in [-0.4, -0.2) is 25.8 Å². The third-order valence-electron chi connectivity index (χ3n) is 0. The molecule has 0 aromatic heterocycles. The zero-order chi connectivity index (χ0) is 0. The Labute approximate surface area is 90.2 Å². The minimum atomic E-state index is 0. The van der Waals surface area contributed by atoms with Crippen molar-refractivity contribution in [3.05, 3.63) is 0 Å². The average molecular weight is 397 g/mol. The van der Waals surface area contributed by atoms with Gasteiger partial charge in [-0.15, -0.1) is 0 Å². The molecule has 0 nitrogen and oxygen atoms in total. The van der Waals surface area contributed by atoms with Crippen molar-refractivity contribution < 1.29 is 66.2 Å². The van der Waals surface area contributed by atoms with E-state index in [1.165, 1.54) is 0 Å². The first-order valence-corrected chi connectivity index (χ1v) is 0. The Morgan fingerprint density at radius 1 is 1.00 bits per heavy atom. The average Bonchev–Trinajstić information content (AvgIpc) is 0. The van der Waals surface area contributed by atoms with Crippen molar-refractivity contribution in [1.29, 1.82) is 0 Å². The first kappa shape index (κ1) is 27.9. The predicted octanol–water partition coefficient (Wildman–Crippen LogP) is -1.19. The smallest absolute Gasteiger partial charge is 0 e. The van der Waals surface area contributed by atoms with E-state index >= 15 is 0 Å². The van der Waals surface area contributed by atoms with Gasteiger partial charge in [-0.25, -0.2) is 0 Å². The summed E-state index contributed by atoms with van der Waals surface area (Å²) in [6, 6.07) is 0. The Hall–Kier alpha value is 3.03. The second-order valence-electron chi connectivity index (χ2n) is 0. The predicted molar refractivity (Wildman–Crippen MR) is 9.94 cm³/mol. The van der Waals surface area contributed by atoms with E-state index in [-0.39, 0.29) is 92.0 Å². The molecule has 0 unspecified atom stereocenters. The van der Waals surface area contributed by atoms with E-state index in [1.807, 2.05) is 0 Å². The molecular weight excluding hydrogens is 394 g/mol. The maximum absolute atomic E-state index is 0. The van der Waals surface area contributed by atoms with Crippen LogP contribution in [0.2, 0.25) is 0 Å². The van der Waals surface area contributed by atoms with Crippen LogP contribution < -0.4 is 0 Å². The molecule has 0 fully saturated rings. The van der Waals surface area contributed by atoms with E-state index in [4.69, 9.17) is 0 Å². The van der Waals surface area contributed by atoms with Gasteiger partial charge in [0.25, 0.3) is 0 Å². The van der Waals surface area contributed by atoms with Crippen LogP contribution in [0.1, 0.15) is 0 Å². The summed E-state index contributed by atoms with van der Waals surface area (Å²) in [4.78, 5) is 0. The van der Waals surface area contributed by atoms with Gasteiger partial charge in [0, 0.05) is 66.2 Å². The van der Waals surface area contributed by atoms with Crippen molar-refractivity contribution in [2.45, 2.75) is 0 Å². The third kappa shape index (κ3) is 8.90. The molecule has 0 rings (SSSR count). The van der Waals surface area contributed by atoms with Crippen LogP contribution in [0.5, 0.6) is 0 Å². The molecular formula is H3AgCdInNi. The van der Waals surface area contributed by atoms with Crippen molar-refractivity contribution >= 4 is 25.8 Å². The normalized spacial score (nSPS) is 0. The quantitative estimate of drug-likeness (QED) is 0.452. The molecule has 4 heavy (non-hydrogen) atoms. The summed E-state index contributed by atoms with van der Waals surface area (Å²) in [6.07, 6.45) is 0. The van der Waals surface area contributed by atoms with Crippen LogP contribution in [0.3, 0.4) is 0 Å². The molecule has 0 saturated heterocycles. The van der Waals surface area contributed by atoms with Gasteiger partial charge in [-0.2, -0.15) is 0 Å². The second-order valence-corrected chi connectivity index (χ2v) is 0. The Kier molecular flexibility index (Phi) is 116. The molecule has 0 N–H and O–H groups in total. The first-order valence-electron chi connectivity index (χ1n) is 0. The standard InChI is InChI=1S/Ag.Cd.In.Ni.3H. The maximum Gasteiger partial charge on any atom is 0 e. The minimum absolute atomic E-state index is 0. The molecule has 0 spiro atoms. The monoisotopic (exact) mass is 397 g/mol. The van der Waals surface area contributed by atoms with Crippen LogP contribution in [-0.2, 0) is 66.2 Å². The summed E-state index contributed by atoms with van der Waals surface area (Å²) < 4.78 is 0. The van der Waals surface area contributed by atoms with Gasteiger partial charge < -0.3 is 0 Å². The van der Waals surface area contributed by atoms with Gasteiger partial charge >= 0.3 is 25.8 Å². The summed E-state index contributed by atoms with van der Waals surface area (Å²) in [5.41, 5.74) is 0. The van der Waals surface area contributed by atoms with E-state index in [9.17, 15) is 0 Å². The summed E-state index contributed by atoms with van der Waals surface area (Å²) in [6.45, 7) is 0. The zero-order valence-corrected chi connectivity index (χ0v) is 7.83. The first-order chi connectivity index (χ1) is 0. The fourth-order valence-electron chi connectivity index (χ4n) is 0. The molecule has 1 radical (unpaired) electrons. The summed E-state index contributed by atoms with van der Waals surface area (Å²) in [5, 5.41) is 0. The van der Waals surface area contributed by atoms with Gasteiger partial charge in [0.2, 0.25) is 0 Å². The molecule has 0 amide bonds. The summed E-state index contributed by atoms with van der Waals surface area (Å²) in [5.74, 6) is 0. The molecule has 0 atom stereocenters. The zero-order valence-electron chi connectivity index (χ0n) is 1.32. The van der Waals surface area contributed by atoms with Crippen molar-refractivity contribution in [3.8, 4) is 0 Å². The topological polar surface area (TPSA) is 0 Å². The van der Waals surface area contributed by atoms with Crippen LogP contribution in [0, 0.1) is 0 Å². The van der Waals surface area contributed by atoms with Crippen LogP contribution in [0.15, 0.2) is 0 Å². The molecule has 0 aliphatic rings. The summed E-state index contributed by atoms with van der Waals surface area (Å²) in [7, 11) is 0. The van der Waals surface area contributed by atoms with E-state index in [0.29, 0.717) is 0 Å². The molecule has 4 heteroatoms. The van der Waals surface area contributed by atoms with Crippen molar-refractivity contribution in [1.82, 2.24) is 0 Å². The van der Waals surface area contributed by atoms with E-state index in [0.717, 1.165) is 0 Å². The molecule has 0 heterocycles. The van der Waals surface area contributed by atoms with Gasteiger partial charge in [-0.3, -0.25) is 0 Å². The Bertz CT molecular complexity index is 8.00. The van der Waals surface area contributed by atoms with E-state index in [1.54, 1.807) is 0 Å². The molecule has 0 aromatic carbocycles. The van der Waals surface area contributed by atoms with Gasteiger partial charge in [-0.1, -0.05) is 0 Å². The van der Waals surface area contributed by atoms with Crippen molar-refractivity contribution in [2.75, 3.05) is 0 Å². The SMILES string of the molecule is [Ag].[Cd].[InH3].[Ni]. The fourth-order valence-corrected chi connectivity index (χ4v) is 0. The Morgan fingerprint density at radius 3 is 1.00 bits per heavy atom. The summed E-state index contributed by atoms with van der Waals surface area (Å²) >= 11 is 0. The molecule has 0 saturated carbocycles. The second kappa shape index (κ2) is 16.6. The molecule has 0 aliphatic heterocycles. The molecule has 29 valence electrons. The third-order valence-corrected chi connectivity index (χ3v) is 0. The van der Waals surface area contributed by atoms with Crippen LogP contribution in [0.25, 0.3) is 0 Å². The van der Waals surface area contributed by atoms with Gasteiger partial charge in [0.15, 0.2) is 0 Å². The van der Waals surface area contributed by atoms with Crippen molar-refractivity contribution in [3.63, 3.8) is 0 Å². The maximum atomic E-state index is 0. The Balaban J connectivity index is 0. The van der Waals surface area contributed by atoms with Gasteiger partial charge in [0.1, 0.15) is 0 Å². The Morgan fingerprint density at radius 2 is 1.00 bits per heavy atom. The molecule has 0 bridgehead atoms. The number of hydrogen-bond acceptors (Lipinski definition) is 0. The van der Waals surface area contributed by atoms with Gasteiger partial charge in [-0.05, 0) is 0 Å². The minimum Gasteiger partial charge on any atom is 0 e. The van der Waals surface area contributed by atoms with E-state index in [2.05, 4.69) is 0 Å². The van der Waals surface area contributed by atoms with Gasteiger partial charge in [0.05, 0.1) is 0 Å². The number of hydrogen-bond donors (Lipinski definition) is 0. The molecule has 0 aliphatic carbocycles. The largest absolute Gasteiger partial charge is 0 e. The fraction of sp³-hybridized carbons (Fsp3) is 0. The van der Waals surface area contributed by atoms with Crippen molar-refractivity contribution in [2.24, 2.45) is 0 Å². The van der Waals surface area contributed by atoms with E-state index < -0.39 is 0 Å².